The normalized spacial score (nSPS) is 21.0. The molecule has 4 nitrogen and oxygen atoms in total. The lowest BCUT2D eigenvalue weighted by Gasteiger charge is -2.11. The van der Waals surface area contributed by atoms with Gasteiger partial charge in [0.15, 0.2) is 0 Å². The fraction of sp³-hybridized carbons (Fsp3) is 0.455. The Hall–Kier alpha value is -1.82. The first-order valence-electron chi connectivity index (χ1n) is 9.76. The molecule has 2 aliphatic heterocycles. The van der Waals surface area contributed by atoms with Crippen molar-refractivity contribution in [3.8, 4) is 11.5 Å². The Balaban J connectivity index is 1.57. The maximum atomic E-state index is 6.07. The maximum absolute atomic E-state index is 6.07. The van der Waals surface area contributed by atoms with Crippen LogP contribution in [0.25, 0.3) is 20.2 Å². The van der Waals surface area contributed by atoms with Crippen LogP contribution >= 0.6 is 11.3 Å². The molecule has 5 rings (SSSR count). The second-order valence-electron chi connectivity index (χ2n) is 7.25. The summed E-state index contributed by atoms with van der Waals surface area (Å²) in [4.78, 5) is 0. The number of rotatable bonds is 8. The fourth-order valence-corrected chi connectivity index (χ4v) is 4.62. The maximum Gasteiger partial charge on any atom is 0.123 e. The summed E-state index contributed by atoms with van der Waals surface area (Å²) < 4.78 is 25.3. The number of ether oxygens (including phenoxy) is 4. The first-order valence-corrected chi connectivity index (χ1v) is 10.6. The molecule has 27 heavy (non-hydrogen) atoms. The Kier molecular flexibility index (Phi) is 4.46. The van der Waals surface area contributed by atoms with Crippen LogP contribution in [0.1, 0.15) is 25.0 Å². The molecule has 5 heteroatoms. The van der Waals surface area contributed by atoms with E-state index < -0.39 is 0 Å². The van der Waals surface area contributed by atoms with Crippen LogP contribution in [0.3, 0.4) is 0 Å². The average Bonchev–Trinajstić information content (AvgIpc) is 3.61. The standard InChI is InChI=1S/C22H24O4S/c1-3-13-5-21-17(7-19(13)25-11-15-9-23-15)18-8-20(26-12-16-10-24-16)14(4-2)6-22(18)27-21/h5-8,15-16H,3-4,9-12H2,1-2H3. The first-order chi connectivity index (χ1) is 13.2. The van der Waals surface area contributed by atoms with Crippen molar-refractivity contribution in [1.82, 2.24) is 0 Å². The molecule has 2 aliphatic rings. The van der Waals surface area contributed by atoms with Crippen molar-refractivity contribution in [3.05, 3.63) is 35.4 Å². The molecule has 2 saturated heterocycles. The Labute approximate surface area is 163 Å². The minimum absolute atomic E-state index is 0.265. The van der Waals surface area contributed by atoms with E-state index in [2.05, 4.69) is 38.1 Å². The van der Waals surface area contributed by atoms with Crippen molar-refractivity contribution >= 4 is 31.5 Å². The van der Waals surface area contributed by atoms with Crippen molar-refractivity contribution in [3.63, 3.8) is 0 Å². The Morgan fingerprint density at radius 1 is 0.815 bits per heavy atom. The van der Waals surface area contributed by atoms with Crippen molar-refractivity contribution in [2.24, 2.45) is 0 Å². The summed E-state index contributed by atoms with van der Waals surface area (Å²) in [5.41, 5.74) is 2.51. The third-order valence-electron chi connectivity index (χ3n) is 5.25. The fourth-order valence-electron chi connectivity index (χ4n) is 3.43. The van der Waals surface area contributed by atoms with Crippen molar-refractivity contribution in [2.45, 2.75) is 38.9 Å². The van der Waals surface area contributed by atoms with E-state index in [0.717, 1.165) is 37.6 Å². The van der Waals surface area contributed by atoms with E-state index in [1.54, 1.807) is 0 Å². The van der Waals surface area contributed by atoms with Crippen molar-refractivity contribution in [2.75, 3.05) is 26.4 Å². The lowest BCUT2D eigenvalue weighted by Crippen LogP contribution is -2.06. The molecule has 2 unspecified atom stereocenters. The molecule has 2 fully saturated rings. The zero-order valence-electron chi connectivity index (χ0n) is 15.7. The van der Waals surface area contributed by atoms with E-state index in [1.807, 2.05) is 11.3 Å². The first kappa shape index (κ1) is 17.3. The molecule has 1 aromatic heterocycles. The largest absolute Gasteiger partial charge is 0.490 e. The van der Waals surface area contributed by atoms with Crippen LogP contribution in [-0.4, -0.2) is 38.6 Å². The highest BCUT2D eigenvalue weighted by molar-refractivity contribution is 7.25. The van der Waals surface area contributed by atoms with Crippen LogP contribution in [0.5, 0.6) is 11.5 Å². The van der Waals surface area contributed by atoms with E-state index in [0.29, 0.717) is 13.2 Å². The van der Waals surface area contributed by atoms with Crippen LogP contribution in [-0.2, 0) is 22.3 Å². The van der Waals surface area contributed by atoms with Gasteiger partial charge < -0.3 is 18.9 Å². The number of hydrogen-bond acceptors (Lipinski definition) is 5. The Bertz CT molecular complexity index is 907. The van der Waals surface area contributed by atoms with E-state index in [9.17, 15) is 0 Å². The van der Waals surface area contributed by atoms with Gasteiger partial charge in [0.1, 0.15) is 36.9 Å². The molecule has 0 saturated carbocycles. The molecule has 0 bridgehead atoms. The van der Waals surface area contributed by atoms with Crippen LogP contribution in [0, 0.1) is 0 Å². The lowest BCUT2D eigenvalue weighted by atomic mass is 10.0. The Morgan fingerprint density at radius 3 is 1.63 bits per heavy atom. The second-order valence-corrected chi connectivity index (χ2v) is 8.34. The molecule has 2 atom stereocenters. The van der Waals surface area contributed by atoms with Gasteiger partial charge in [-0.3, -0.25) is 0 Å². The van der Waals surface area contributed by atoms with Gasteiger partial charge in [-0.05, 0) is 48.2 Å². The number of thiophene rings is 1. The summed E-state index contributed by atoms with van der Waals surface area (Å²) in [6, 6.07) is 8.98. The molecule has 0 spiro atoms. The summed E-state index contributed by atoms with van der Waals surface area (Å²) in [7, 11) is 0. The Morgan fingerprint density at radius 2 is 1.26 bits per heavy atom. The highest BCUT2D eigenvalue weighted by Gasteiger charge is 2.25. The minimum atomic E-state index is 0.265. The topological polar surface area (TPSA) is 43.5 Å². The molecule has 0 N–H and O–H groups in total. The molecule has 0 radical (unpaired) electrons. The highest BCUT2D eigenvalue weighted by Crippen LogP contribution is 2.41. The van der Waals surface area contributed by atoms with Crippen LogP contribution < -0.4 is 9.47 Å². The van der Waals surface area contributed by atoms with Gasteiger partial charge in [-0.2, -0.15) is 0 Å². The number of hydrogen-bond donors (Lipinski definition) is 0. The monoisotopic (exact) mass is 384 g/mol. The van der Waals surface area contributed by atoms with E-state index in [4.69, 9.17) is 18.9 Å². The van der Waals surface area contributed by atoms with Gasteiger partial charge in [0, 0.05) is 20.2 Å². The third-order valence-corrected chi connectivity index (χ3v) is 6.37. The van der Waals surface area contributed by atoms with Gasteiger partial charge in [0.2, 0.25) is 0 Å². The van der Waals surface area contributed by atoms with Crippen LogP contribution in [0.4, 0.5) is 0 Å². The quantitative estimate of drug-likeness (QED) is 0.527. The number of epoxide rings is 2. The number of benzene rings is 2. The summed E-state index contributed by atoms with van der Waals surface area (Å²) in [6.45, 7) is 7.26. The predicted octanol–water partition coefficient (Wildman–Crippen LogP) is 4.73. The zero-order valence-corrected chi connectivity index (χ0v) is 16.6. The predicted molar refractivity (Wildman–Crippen MR) is 109 cm³/mol. The second kappa shape index (κ2) is 6.97. The molecular formula is C22H24O4S. The van der Waals surface area contributed by atoms with Gasteiger partial charge in [-0.1, -0.05) is 13.8 Å². The molecule has 0 amide bonds. The van der Waals surface area contributed by atoms with Gasteiger partial charge in [-0.25, -0.2) is 0 Å². The summed E-state index contributed by atoms with van der Waals surface area (Å²) in [5.74, 6) is 1.96. The third kappa shape index (κ3) is 3.51. The van der Waals surface area contributed by atoms with Gasteiger partial charge in [0.25, 0.3) is 0 Å². The molecule has 2 aromatic carbocycles. The molecule has 3 heterocycles. The molecular weight excluding hydrogens is 360 g/mol. The van der Waals surface area contributed by atoms with Gasteiger partial charge in [-0.15, -0.1) is 11.3 Å². The summed E-state index contributed by atoms with van der Waals surface area (Å²) >= 11 is 1.85. The molecule has 3 aromatic rings. The van der Waals surface area contributed by atoms with Crippen LogP contribution in [0.2, 0.25) is 0 Å². The lowest BCUT2D eigenvalue weighted by molar-refractivity contribution is 0.261. The van der Waals surface area contributed by atoms with Crippen molar-refractivity contribution in [1.29, 1.82) is 0 Å². The van der Waals surface area contributed by atoms with E-state index >= 15 is 0 Å². The summed E-state index contributed by atoms with van der Waals surface area (Å²) in [5, 5.41) is 2.49. The number of aryl methyl sites for hydroxylation is 2. The number of fused-ring (bicyclic) bond motifs is 3. The van der Waals surface area contributed by atoms with E-state index in [1.165, 1.54) is 31.3 Å². The van der Waals surface area contributed by atoms with Crippen molar-refractivity contribution < 1.29 is 18.9 Å². The minimum Gasteiger partial charge on any atom is -0.490 e. The van der Waals surface area contributed by atoms with Gasteiger partial charge in [0.05, 0.1) is 13.2 Å². The van der Waals surface area contributed by atoms with E-state index in [-0.39, 0.29) is 12.2 Å². The highest BCUT2D eigenvalue weighted by atomic mass is 32.1. The zero-order chi connectivity index (χ0) is 18.4. The summed E-state index contributed by atoms with van der Waals surface area (Å²) in [6.07, 6.45) is 2.45. The van der Waals surface area contributed by atoms with Gasteiger partial charge >= 0.3 is 0 Å². The molecule has 142 valence electrons. The van der Waals surface area contributed by atoms with Crippen LogP contribution in [0.15, 0.2) is 24.3 Å². The SMILES string of the molecule is CCc1cc2sc3cc(CC)c(OCC4CO4)cc3c2cc1OCC1CO1. The smallest absolute Gasteiger partial charge is 0.123 e. The molecule has 0 aliphatic carbocycles. The average molecular weight is 384 g/mol.